The molecule has 0 aromatic heterocycles. The van der Waals surface area contributed by atoms with Crippen molar-refractivity contribution in [3.05, 3.63) is 59.7 Å². The molecule has 1 amide bonds. The first-order chi connectivity index (χ1) is 12.2. The second-order valence-corrected chi connectivity index (χ2v) is 6.43. The first kappa shape index (κ1) is 17.3. The van der Waals surface area contributed by atoms with Crippen LogP contribution in [0.15, 0.2) is 48.5 Å². The monoisotopic (exact) mass is 338 g/mol. The minimum absolute atomic E-state index is 0.211. The van der Waals surface area contributed by atoms with Crippen molar-refractivity contribution >= 4 is 11.6 Å². The second kappa shape index (κ2) is 8.06. The lowest BCUT2D eigenvalue weighted by molar-refractivity contribution is -0.130. The molecular formula is C21H26N2O2. The fourth-order valence-electron chi connectivity index (χ4n) is 3.30. The van der Waals surface area contributed by atoms with E-state index in [9.17, 15) is 4.79 Å². The lowest BCUT2D eigenvalue weighted by Crippen LogP contribution is -2.49. The molecule has 2 aromatic rings. The number of carbonyl (C=O) groups excluding carboxylic acids is 1. The predicted molar refractivity (Wildman–Crippen MR) is 101 cm³/mol. The first-order valence-electron chi connectivity index (χ1n) is 8.97. The van der Waals surface area contributed by atoms with Crippen molar-refractivity contribution < 1.29 is 9.53 Å². The van der Waals surface area contributed by atoms with Gasteiger partial charge in [-0.3, -0.25) is 4.79 Å². The van der Waals surface area contributed by atoms with Crippen LogP contribution < -0.4 is 9.64 Å². The first-order valence-corrected chi connectivity index (χ1v) is 8.97. The molecule has 0 spiro atoms. The van der Waals surface area contributed by atoms with Gasteiger partial charge in [0.05, 0.1) is 18.7 Å². The summed E-state index contributed by atoms with van der Waals surface area (Å²) in [6, 6.07) is 16.3. The number of ether oxygens (including phenoxy) is 1. The highest BCUT2D eigenvalue weighted by molar-refractivity contribution is 5.79. The Morgan fingerprint density at radius 1 is 1.04 bits per heavy atom. The molecule has 1 fully saturated rings. The highest BCUT2D eigenvalue weighted by atomic mass is 16.5. The molecule has 0 atom stereocenters. The van der Waals surface area contributed by atoms with Crippen molar-refractivity contribution in [1.29, 1.82) is 0 Å². The van der Waals surface area contributed by atoms with Crippen molar-refractivity contribution in [1.82, 2.24) is 4.90 Å². The Kier molecular flexibility index (Phi) is 5.59. The van der Waals surface area contributed by atoms with Crippen LogP contribution in [0.25, 0.3) is 0 Å². The van der Waals surface area contributed by atoms with E-state index < -0.39 is 0 Å². The summed E-state index contributed by atoms with van der Waals surface area (Å²) in [5.74, 6) is 1.13. The number of hydrogen-bond donors (Lipinski definition) is 0. The van der Waals surface area contributed by atoms with Crippen molar-refractivity contribution in [3.8, 4) is 5.75 Å². The molecule has 2 aromatic carbocycles. The molecule has 0 bridgehead atoms. The molecule has 0 unspecified atom stereocenters. The van der Waals surface area contributed by atoms with E-state index in [1.807, 2.05) is 42.2 Å². The number of carbonyl (C=O) groups is 1. The Hall–Kier alpha value is -2.49. The summed E-state index contributed by atoms with van der Waals surface area (Å²) in [6.45, 7) is 7.90. The van der Waals surface area contributed by atoms with Crippen LogP contribution in [0.4, 0.5) is 5.69 Å². The lowest BCUT2D eigenvalue weighted by atomic mass is 10.1. The molecule has 1 heterocycles. The van der Waals surface area contributed by atoms with Gasteiger partial charge in [-0.2, -0.15) is 0 Å². The highest BCUT2D eigenvalue weighted by Gasteiger charge is 2.22. The molecule has 1 saturated heterocycles. The van der Waals surface area contributed by atoms with Crippen LogP contribution in [0, 0.1) is 6.92 Å². The number of aryl methyl sites for hydroxylation is 1. The SMILES string of the molecule is CCOc1ccccc1N1CCN(C(=O)Cc2cccc(C)c2)CC1. The van der Waals surface area contributed by atoms with E-state index in [4.69, 9.17) is 4.74 Å². The molecule has 25 heavy (non-hydrogen) atoms. The average Bonchev–Trinajstić information content (AvgIpc) is 2.63. The summed E-state index contributed by atoms with van der Waals surface area (Å²) in [4.78, 5) is 16.9. The van der Waals surface area contributed by atoms with Gasteiger partial charge in [0.2, 0.25) is 5.91 Å². The molecule has 132 valence electrons. The molecule has 0 saturated carbocycles. The zero-order chi connectivity index (χ0) is 17.6. The van der Waals surface area contributed by atoms with Gasteiger partial charge in [-0.05, 0) is 31.5 Å². The standard InChI is InChI=1S/C21H26N2O2/c1-3-25-20-10-5-4-9-19(20)22-11-13-23(14-12-22)21(24)16-18-8-6-7-17(2)15-18/h4-10,15H,3,11-14,16H2,1-2H3. The normalized spacial score (nSPS) is 14.5. The largest absolute Gasteiger partial charge is 0.492 e. The quantitative estimate of drug-likeness (QED) is 0.839. The summed E-state index contributed by atoms with van der Waals surface area (Å²) < 4.78 is 5.73. The van der Waals surface area contributed by atoms with E-state index >= 15 is 0 Å². The number of benzene rings is 2. The lowest BCUT2D eigenvalue weighted by Gasteiger charge is -2.36. The average molecular weight is 338 g/mol. The smallest absolute Gasteiger partial charge is 0.227 e. The molecule has 1 aliphatic rings. The Labute approximate surface area is 150 Å². The maximum Gasteiger partial charge on any atom is 0.227 e. The Morgan fingerprint density at radius 2 is 1.80 bits per heavy atom. The summed E-state index contributed by atoms with van der Waals surface area (Å²) in [7, 11) is 0. The van der Waals surface area contributed by atoms with Crippen LogP contribution >= 0.6 is 0 Å². The fraction of sp³-hybridized carbons (Fsp3) is 0.381. The molecule has 0 radical (unpaired) electrons. The minimum atomic E-state index is 0.211. The highest BCUT2D eigenvalue weighted by Crippen LogP contribution is 2.28. The number of hydrogen-bond acceptors (Lipinski definition) is 3. The van der Waals surface area contributed by atoms with E-state index in [0.29, 0.717) is 13.0 Å². The van der Waals surface area contributed by atoms with Gasteiger partial charge in [0.1, 0.15) is 5.75 Å². The van der Waals surface area contributed by atoms with Gasteiger partial charge in [-0.15, -0.1) is 0 Å². The van der Waals surface area contributed by atoms with Crippen LogP contribution in [0.5, 0.6) is 5.75 Å². The van der Waals surface area contributed by atoms with Crippen molar-refractivity contribution in [3.63, 3.8) is 0 Å². The summed E-state index contributed by atoms with van der Waals surface area (Å²) in [6.07, 6.45) is 0.483. The van der Waals surface area contributed by atoms with Gasteiger partial charge >= 0.3 is 0 Å². The number of para-hydroxylation sites is 2. The maximum atomic E-state index is 12.6. The van der Waals surface area contributed by atoms with Crippen LogP contribution in [-0.2, 0) is 11.2 Å². The third-order valence-electron chi connectivity index (χ3n) is 4.58. The van der Waals surface area contributed by atoms with E-state index in [-0.39, 0.29) is 5.91 Å². The zero-order valence-electron chi connectivity index (χ0n) is 15.1. The zero-order valence-corrected chi connectivity index (χ0v) is 15.1. The molecule has 0 N–H and O–H groups in total. The van der Waals surface area contributed by atoms with E-state index in [2.05, 4.69) is 30.0 Å². The minimum Gasteiger partial charge on any atom is -0.492 e. The Bertz CT molecular complexity index is 721. The maximum absolute atomic E-state index is 12.6. The van der Waals surface area contributed by atoms with Gasteiger partial charge in [-0.25, -0.2) is 0 Å². The van der Waals surface area contributed by atoms with Crippen LogP contribution in [0.1, 0.15) is 18.1 Å². The van der Waals surface area contributed by atoms with Gasteiger partial charge in [0.25, 0.3) is 0 Å². The third-order valence-corrected chi connectivity index (χ3v) is 4.58. The molecule has 3 rings (SSSR count). The fourth-order valence-corrected chi connectivity index (χ4v) is 3.30. The van der Waals surface area contributed by atoms with Crippen molar-refractivity contribution in [2.75, 3.05) is 37.7 Å². The van der Waals surface area contributed by atoms with Crippen molar-refractivity contribution in [2.24, 2.45) is 0 Å². The van der Waals surface area contributed by atoms with E-state index in [1.165, 1.54) is 5.56 Å². The topological polar surface area (TPSA) is 32.8 Å². The van der Waals surface area contributed by atoms with Crippen LogP contribution in [0.3, 0.4) is 0 Å². The summed E-state index contributed by atoms with van der Waals surface area (Å²) in [5, 5.41) is 0. The third kappa shape index (κ3) is 4.32. The van der Waals surface area contributed by atoms with Gasteiger partial charge in [-0.1, -0.05) is 42.0 Å². The van der Waals surface area contributed by atoms with E-state index in [0.717, 1.165) is 43.2 Å². The second-order valence-electron chi connectivity index (χ2n) is 6.43. The molecule has 1 aliphatic heterocycles. The van der Waals surface area contributed by atoms with Crippen molar-refractivity contribution in [2.45, 2.75) is 20.3 Å². The Morgan fingerprint density at radius 3 is 2.52 bits per heavy atom. The van der Waals surface area contributed by atoms with E-state index in [1.54, 1.807) is 0 Å². The number of piperazine rings is 1. The number of nitrogens with zero attached hydrogens (tertiary/aromatic N) is 2. The molecular weight excluding hydrogens is 312 g/mol. The van der Waals surface area contributed by atoms with Crippen LogP contribution in [0.2, 0.25) is 0 Å². The van der Waals surface area contributed by atoms with Crippen LogP contribution in [-0.4, -0.2) is 43.6 Å². The summed E-state index contributed by atoms with van der Waals surface area (Å²) in [5.41, 5.74) is 3.41. The molecule has 0 aliphatic carbocycles. The Balaban J connectivity index is 1.59. The predicted octanol–water partition coefficient (Wildman–Crippen LogP) is 3.29. The number of anilines is 1. The van der Waals surface area contributed by atoms with Gasteiger partial charge in [0.15, 0.2) is 0 Å². The molecule has 4 nitrogen and oxygen atoms in total. The molecule has 4 heteroatoms. The van der Waals surface area contributed by atoms with Gasteiger partial charge < -0.3 is 14.5 Å². The number of rotatable bonds is 5. The number of amides is 1. The van der Waals surface area contributed by atoms with Gasteiger partial charge in [0, 0.05) is 26.2 Å². The summed E-state index contributed by atoms with van der Waals surface area (Å²) >= 11 is 0.